The number of nitrogens with zero attached hydrogens (tertiary/aromatic N) is 2. The highest BCUT2D eigenvalue weighted by Crippen LogP contribution is 2.27. The van der Waals surface area contributed by atoms with E-state index in [1.54, 1.807) is 18.2 Å². The molecular weight excluding hydrogens is 309 g/mol. The first-order valence-corrected chi connectivity index (χ1v) is 7.71. The predicted octanol–water partition coefficient (Wildman–Crippen LogP) is 3.56. The average molecular weight is 326 g/mol. The lowest BCUT2D eigenvalue weighted by Crippen LogP contribution is -2.38. The third-order valence-corrected chi connectivity index (χ3v) is 4.25. The largest absolute Gasteiger partial charge is 0.324 e. The van der Waals surface area contributed by atoms with Gasteiger partial charge in [0.2, 0.25) is 5.91 Å². The lowest BCUT2D eigenvalue weighted by molar-refractivity contribution is -0.121. The Morgan fingerprint density at radius 1 is 1.38 bits per heavy atom. The number of benzene rings is 1. The zero-order valence-corrected chi connectivity index (χ0v) is 13.1. The summed E-state index contributed by atoms with van der Waals surface area (Å²) < 4.78 is 0. The van der Waals surface area contributed by atoms with Gasteiger partial charge in [0.1, 0.15) is 0 Å². The fourth-order valence-corrected chi connectivity index (χ4v) is 2.79. The van der Waals surface area contributed by atoms with Crippen LogP contribution < -0.4 is 5.32 Å². The minimum atomic E-state index is -0.0154. The zero-order valence-electron chi connectivity index (χ0n) is 11.6. The molecule has 4 nitrogen and oxygen atoms in total. The molecule has 0 atom stereocenters. The summed E-state index contributed by atoms with van der Waals surface area (Å²) in [5.41, 5.74) is 0.557. The van der Waals surface area contributed by atoms with E-state index in [9.17, 15) is 4.79 Å². The number of hydrogen-bond acceptors (Lipinski definition) is 3. The van der Waals surface area contributed by atoms with E-state index in [-0.39, 0.29) is 11.8 Å². The van der Waals surface area contributed by atoms with Gasteiger partial charge in [0.25, 0.3) is 0 Å². The lowest BCUT2D eigenvalue weighted by atomic mass is 9.95. The van der Waals surface area contributed by atoms with Crippen molar-refractivity contribution in [2.24, 2.45) is 5.92 Å². The van der Waals surface area contributed by atoms with Crippen molar-refractivity contribution in [1.29, 1.82) is 5.26 Å². The first kappa shape index (κ1) is 16.1. The maximum Gasteiger partial charge on any atom is 0.227 e. The number of amides is 1. The Morgan fingerprint density at radius 3 is 2.76 bits per heavy atom. The number of carbonyl (C=O) groups is 1. The highest BCUT2D eigenvalue weighted by molar-refractivity contribution is 6.35. The van der Waals surface area contributed by atoms with Crippen LogP contribution in [0.4, 0.5) is 5.69 Å². The fraction of sp³-hybridized carbons (Fsp3) is 0.467. The summed E-state index contributed by atoms with van der Waals surface area (Å²) in [7, 11) is 0. The molecule has 0 saturated carbocycles. The Balaban J connectivity index is 1.88. The number of nitriles is 1. The van der Waals surface area contributed by atoms with Gasteiger partial charge in [-0.25, -0.2) is 0 Å². The molecule has 1 aromatic carbocycles. The van der Waals surface area contributed by atoms with Crippen molar-refractivity contribution in [2.75, 3.05) is 25.0 Å². The van der Waals surface area contributed by atoms with Crippen LogP contribution in [0.1, 0.15) is 19.3 Å². The molecule has 0 aromatic heterocycles. The molecular formula is C15H17Cl2N3O. The molecule has 0 spiro atoms. The molecule has 1 amide bonds. The Labute approximate surface area is 134 Å². The van der Waals surface area contributed by atoms with Gasteiger partial charge in [0, 0.05) is 23.9 Å². The van der Waals surface area contributed by atoms with Crippen LogP contribution in [0.2, 0.25) is 10.0 Å². The van der Waals surface area contributed by atoms with Gasteiger partial charge in [0.15, 0.2) is 0 Å². The Bertz CT molecular complexity index is 548. The lowest BCUT2D eigenvalue weighted by Gasteiger charge is -2.30. The Kier molecular flexibility index (Phi) is 5.86. The predicted molar refractivity (Wildman–Crippen MR) is 84.5 cm³/mol. The van der Waals surface area contributed by atoms with Crippen LogP contribution in [0, 0.1) is 17.2 Å². The SMILES string of the molecule is N#CCCN1CCC(C(=O)Nc2cc(Cl)ccc2Cl)CC1. The molecule has 1 heterocycles. The quantitative estimate of drug-likeness (QED) is 0.920. The second kappa shape index (κ2) is 7.65. The molecule has 21 heavy (non-hydrogen) atoms. The average Bonchev–Trinajstić information content (AvgIpc) is 2.49. The number of hydrogen-bond donors (Lipinski definition) is 1. The number of nitrogens with one attached hydrogen (secondary N) is 1. The summed E-state index contributed by atoms with van der Waals surface area (Å²) in [6.07, 6.45) is 2.14. The van der Waals surface area contributed by atoms with E-state index in [1.165, 1.54) is 0 Å². The van der Waals surface area contributed by atoms with Gasteiger partial charge in [-0.2, -0.15) is 5.26 Å². The molecule has 1 saturated heterocycles. The van der Waals surface area contributed by atoms with E-state index in [4.69, 9.17) is 28.5 Å². The third kappa shape index (κ3) is 4.60. The molecule has 0 radical (unpaired) electrons. The molecule has 1 N–H and O–H groups in total. The molecule has 0 unspecified atom stereocenters. The van der Waals surface area contributed by atoms with Crippen molar-refractivity contribution in [2.45, 2.75) is 19.3 Å². The zero-order chi connectivity index (χ0) is 15.2. The topological polar surface area (TPSA) is 56.1 Å². The standard InChI is InChI=1S/C15H17Cl2N3O/c16-12-2-3-13(17)14(10-12)19-15(21)11-4-8-20(9-5-11)7-1-6-18/h2-3,10-11H,1,4-5,7-9H2,(H,19,21). The smallest absolute Gasteiger partial charge is 0.227 e. The van der Waals surface area contributed by atoms with E-state index in [2.05, 4.69) is 16.3 Å². The van der Waals surface area contributed by atoms with Gasteiger partial charge < -0.3 is 10.2 Å². The minimum absolute atomic E-state index is 0.0147. The highest BCUT2D eigenvalue weighted by atomic mass is 35.5. The third-order valence-electron chi connectivity index (χ3n) is 3.68. The summed E-state index contributed by atoms with van der Waals surface area (Å²) >= 11 is 12.0. The first-order chi connectivity index (χ1) is 10.1. The maximum atomic E-state index is 12.3. The monoisotopic (exact) mass is 325 g/mol. The first-order valence-electron chi connectivity index (χ1n) is 6.95. The van der Waals surface area contributed by atoms with Crippen LogP contribution >= 0.6 is 23.2 Å². The number of halogens is 2. The van der Waals surface area contributed by atoms with Crippen LogP contribution in [0.3, 0.4) is 0 Å². The van der Waals surface area contributed by atoms with E-state index < -0.39 is 0 Å². The van der Waals surface area contributed by atoms with Gasteiger partial charge in [-0.15, -0.1) is 0 Å². The van der Waals surface area contributed by atoms with Crippen LogP contribution in [-0.2, 0) is 4.79 Å². The van der Waals surface area contributed by atoms with Crippen molar-refractivity contribution in [3.05, 3.63) is 28.2 Å². The number of likely N-dealkylation sites (tertiary alicyclic amines) is 1. The number of carbonyl (C=O) groups excluding carboxylic acids is 1. The van der Waals surface area contributed by atoms with Gasteiger partial charge in [-0.05, 0) is 44.1 Å². The summed E-state index contributed by atoms with van der Waals surface area (Å²) in [5, 5.41) is 12.5. The minimum Gasteiger partial charge on any atom is -0.324 e. The van der Waals surface area contributed by atoms with Crippen molar-refractivity contribution >= 4 is 34.8 Å². The van der Waals surface area contributed by atoms with E-state index >= 15 is 0 Å². The maximum absolute atomic E-state index is 12.3. The molecule has 0 bridgehead atoms. The summed E-state index contributed by atoms with van der Waals surface area (Å²) in [6.45, 7) is 2.48. The van der Waals surface area contributed by atoms with Crippen molar-refractivity contribution < 1.29 is 4.79 Å². The van der Waals surface area contributed by atoms with Gasteiger partial charge in [-0.3, -0.25) is 4.79 Å². The van der Waals surface area contributed by atoms with Crippen LogP contribution in [0.25, 0.3) is 0 Å². The van der Waals surface area contributed by atoms with Crippen LogP contribution in [0.5, 0.6) is 0 Å². The van der Waals surface area contributed by atoms with Crippen LogP contribution in [0.15, 0.2) is 18.2 Å². The van der Waals surface area contributed by atoms with Gasteiger partial charge >= 0.3 is 0 Å². The Hall–Kier alpha value is -1.28. The molecule has 1 aromatic rings. The molecule has 1 fully saturated rings. The molecule has 0 aliphatic carbocycles. The van der Waals surface area contributed by atoms with Crippen molar-refractivity contribution in [1.82, 2.24) is 4.90 Å². The molecule has 2 rings (SSSR count). The number of anilines is 1. The number of rotatable bonds is 4. The Morgan fingerprint density at radius 2 is 2.10 bits per heavy atom. The summed E-state index contributed by atoms with van der Waals surface area (Å²) in [6, 6.07) is 7.16. The van der Waals surface area contributed by atoms with Crippen molar-refractivity contribution in [3.8, 4) is 6.07 Å². The molecule has 1 aliphatic heterocycles. The van der Waals surface area contributed by atoms with Gasteiger partial charge in [-0.1, -0.05) is 23.2 Å². The van der Waals surface area contributed by atoms with E-state index in [0.717, 1.165) is 32.5 Å². The normalized spacial score (nSPS) is 16.4. The second-order valence-corrected chi connectivity index (χ2v) is 5.98. The van der Waals surface area contributed by atoms with Crippen molar-refractivity contribution in [3.63, 3.8) is 0 Å². The van der Waals surface area contributed by atoms with E-state index in [0.29, 0.717) is 22.2 Å². The molecule has 1 aliphatic rings. The highest BCUT2D eigenvalue weighted by Gasteiger charge is 2.25. The number of piperidine rings is 1. The molecule has 6 heteroatoms. The summed E-state index contributed by atoms with van der Waals surface area (Å²) in [5.74, 6) is -0.0301. The van der Waals surface area contributed by atoms with Gasteiger partial charge in [0.05, 0.1) is 16.8 Å². The van der Waals surface area contributed by atoms with E-state index in [1.807, 2.05) is 0 Å². The fourth-order valence-electron chi connectivity index (χ4n) is 2.45. The van der Waals surface area contributed by atoms with Crippen LogP contribution in [-0.4, -0.2) is 30.4 Å². The molecule has 112 valence electrons. The summed E-state index contributed by atoms with van der Waals surface area (Å²) in [4.78, 5) is 14.5. The second-order valence-electron chi connectivity index (χ2n) is 5.14.